The van der Waals surface area contributed by atoms with E-state index in [1.165, 1.54) is 18.6 Å². The maximum absolute atomic E-state index is 13.6. The summed E-state index contributed by atoms with van der Waals surface area (Å²) in [6, 6.07) is 10.6. The first-order valence-electron chi connectivity index (χ1n) is 14.5. The van der Waals surface area contributed by atoms with E-state index >= 15 is 0 Å². The number of amidine groups is 1. The van der Waals surface area contributed by atoms with Gasteiger partial charge in [-0.05, 0) is 31.0 Å². The van der Waals surface area contributed by atoms with E-state index in [1.807, 2.05) is 18.2 Å². The number of nitrogens with two attached hydrogens (primary N) is 1. The molecule has 2 atom stereocenters. The minimum atomic E-state index is -1.23. The van der Waals surface area contributed by atoms with Crippen LogP contribution in [0.2, 0.25) is 0 Å². The topological polar surface area (TPSA) is 204 Å². The molecule has 3 amide bonds. The van der Waals surface area contributed by atoms with Gasteiger partial charge in [-0.25, -0.2) is 9.79 Å². The Morgan fingerprint density at radius 3 is 2.56 bits per heavy atom. The first-order chi connectivity index (χ1) is 21.7. The number of hydrogen-bond donors (Lipinski definition) is 4. The zero-order valence-corrected chi connectivity index (χ0v) is 24.4. The van der Waals surface area contributed by atoms with Crippen molar-refractivity contribution >= 4 is 51.9 Å². The first kappa shape index (κ1) is 29.7. The van der Waals surface area contributed by atoms with Crippen molar-refractivity contribution in [2.45, 2.75) is 43.9 Å². The Labute approximate surface area is 256 Å². The lowest BCUT2D eigenvalue weighted by Gasteiger charge is -2.41. The van der Waals surface area contributed by atoms with Crippen LogP contribution in [0.5, 0.6) is 0 Å². The van der Waals surface area contributed by atoms with Gasteiger partial charge < -0.3 is 35.7 Å². The van der Waals surface area contributed by atoms with Crippen LogP contribution in [0, 0.1) is 0 Å². The Morgan fingerprint density at radius 2 is 1.91 bits per heavy atom. The summed E-state index contributed by atoms with van der Waals surface area (Å²) in [7, 11) is 0. The predicted octanol–water partition coefficient (Wildman–Crippen LogP) is 1.30. The number of H-pyrrole nitrogens is 1. The maximum Gasteiger partial charge on any atom is 0.336 e. The number of carbonyl (C=O) groups is 5. The molecule has 2 aliphatic heterocycles. The first-order valence-corrected chi connectivity index (χ1v) is 14.5. The second kappa shape index (κ2) is 11.6. The van der Waals surface area contributed by atoms with E-state index < -0.39 is 41.3 Å². The maximum atomic E-state index is 13.6. The molecule has 6 rings (SSSR count). The number of Topliss-reactive ketones (excluding diaryl/α,β-unsaturated/α-hetero) is 1. The van der Waals surface area contributed by atoms with Crippen LogP contribution in [0.25, 0.3) is 16.6 Å². The van der Waals surface area contributed by atoms with Gasteiger partial charge in [-0.3, -0.25) is 24.2 Å². The number of pyridine rings is 1. The SMILES string of the molecule is CCC(=N/C(=C\N)c1nccc2c(C(=O)C(=O)N3CCN(C(=O)c4ccccc4)CC34CC4)c[nH]c12)NC(=O)C1OC1C(=O)O. The Bertz CT molecular complexity index is 1780. The fourth-order valence-electron chi connectivity index (χ4n) is 5.70. The number of benzene rings is 1. The van der Waals surface area contributed by atoms with Crippen molar-refractivity contribution in [3.63, 3.8) is 0 Å². The molecule has 3 aromatic rings. The number of carbonyl (C=O) groups excluding carboxylic acids is 4. The normalized spacial score (nSPS) is 20.6. The zero-order chi connectivity index (χ0) is 31.9. The van der Waals surface area contributed by atoms with Gasteiger partial charge in [-0.1, -0.05) is 25.1 Å². The lowest BCUT2D eigenvalue weighted by molar-refractivity contribution is -0.138. The van der Waals surface area contributed by atoms with Crippen molar-refractivity contribution < 1.29 is 33.8 Å². The fourth-order valence-corrected chi connectivity index (χ4v) is 5.70. The average molecular weight is 614 g/mol. The molecule has 232 valence electrons. The van der Waals surface area contributed by atoms with Gasteiger partial charge in [-0.15, -0.1) is 0 Å². The van der Waals surface area contributed by atoms with Crippen LogP contribution in [0.1, 0.15) is 52.6 Å². The van der Waals surface area contributed by atoms with Crippen molar-refractivity contribution in [1.29, 1.82) is 0 Å². The summed E-state index contributed by atoms with van der Waals surface area (Å²) < 4.78 is 4.89. The summed E-state index contributed by atoms with van der Waals surface area (Å²) in [5, 5.41) is 12.0. The van der Waals surface area contributed by atoms with Gasteiger partial charge in [-0.2, -0.15) is 0 Å². The molecule has 1 saturated carbocycles. The summed E-state index contributed by atoms with van der Waals surface area (Å²) in [6.45, 7) is 2.67. The Balaban J connectivity index is 1.19. The fraction of sp³-hybridized carbons (Fsp3) is 0.323. The van der Waals surface area contributed by atoms with Crippen LogP contribution in [0.3, 0.4) is 0 Å². The molecule has 1 aliphatic carbocycles. The Morgan fingerprint density at radius 1 is 1.16 bits per heavy atom. The van der Waals surface area contributed by atoms with Gasteiger partial charge in [0.2, 0.25) is 0 Å². The van der Waals surface area contributed by atoms with Crippen LogP contribution in [0.15, 0.2) is 60.0 Å². The van der Waals surface area contributed by atoms with E-state index in [-0.39, 0.29) is 41.7 Å². The molecule has 2 unspecified atom stereocenters. The summed E-state index contributed by atoms with van der Waals surface area (Å²) in [5.41, 5.74) is 6.93. The molecule has 45 heavy (non-hydrogen) atoms. The predicted molar refractivity (Wildman–Crippen MR) is 161 cm³/mol. The number of fused-ring (bicyclic) bond motifs is 1. The lowest BCUT2D eigenvalue weighted by Crippen LogP contribution is -2.59. The Kier molecular flexibility index (Phi) is 7.66. The molecule has 3 aliphatic rings. The number of ether oxygens (including phenoxy) is 1. The Hall–Kier alpha value is -5.37. The van der Waals surface area contributed by atoms with Gasteiger partial charge in [0.05, 0.1) is 16.6 Å². The smallest absolute Gasteiger partial charge is 0.336 e. The number of carboxylic acids is 1. The highest BCUT2D eigenvalue weighted by Gasteiger charge is 2.55. The van der Waals surface area contributed by atoms with Gasteiger partial charge in [0.15, 0.2) is 12.2 Å². The molecule has 3 fully saturated rings. The van der Waals surface area contributed by atoms with E-state index in [2.05, 4.69) is 20.3 Å². The van der Waals surface area contributed by atoms with Crippen LogP contribution < -0.4 is 11.1 Å². The second-order valence-corrected chi connectivity index (χ2v) is 11.2. The number of aliphatic imine (C=N–C) groups is 1. The third-order valence-electron chi connectivity index (χ3n) is 8.32. The molecule has 14 heteroatoms. The number of hydrogen-bond acceptors (Lipinski definition) is 9. The second-order valence-electron chi connectivity index (χ2n) is 11.2. The highest BCUT2D eigenvalue weighted by molar-refractivity contribution is 6.45. The largest absolute Gasteiger partial charge is 0.479 e. The van der Waals surface area contributed by atoms with Crippen molar-refractivity contribution in [2.75, 3.05) is 19.6 Å². The van der Waals surface area contributed by atoms with Gasteiger partial charge in [0.1, 0.15) is 17.2 Å². The van der Waals surface area contributed by atoms with Crippen molar-refractivity contribution in [3.05, 3.63) is 71.8 Å². The standard InChI is InChI=1S/C31H31N7O7/c1-2-21(36-27(40)25-26(45-25)30(43)44)35-20(14-32)23-22-18(8-11-33-23)19(15-34-22)24(39)29(42)38-13-12-37(16-31(38)9-10-31)28(41)17-6-4-3-5-7-17/h3-8,11,14-15,25-26,34H,2,9-10,12-13,16,32H2,1H3,(H,43,44)(H,35,36,40)/b20-14-. The summed E-state index contributed by atoms with van der Waals surface area (Å²) >= 11 is 0. The van der Waals surface area contributed by atoms with E-state index in [4.69, 9.17) is 15.6 Å². The van der Waals surface area contributed by atoms with Crippen molar-refractivity contribution in [3.8, 4) is 0 Å². The number of piperazine rings is 1. The minimum Gasteiger partial charge on any atom is -0.479 e. The number of rotatable bonds is 8. The number of nitrogens with zero attached hydrogens (tertiary/aromatic N) is 4. The highest BCUT2D eigenvalue weighted by atomic mass is 16.6. The summed E-state index contributed by atoms with van der Waals surface area (Å²) in [4.78, 5) is 78.9. The minimum absolute atomic E-state index is 0.0977. The van der Waals surface area contributed by atoms with Crippen molar-refractivity contribution in [1.82, 2.24) is 25.1 Å². The van der Waals surface area contributed by atoms with E-state index in [1.54, 1.807) is 34.9 Å². The number of aromatic amines is 1. The molecule has 0 bridgehead atoms. The van der Waals surface area contributed by atoms with Crippen LogP contribution in [-0.4, -0.2) is 97.6 Å². The summed E-state index contributed by atoms with van der Waals surface area (Å²) in [6.07, 6.45) is 3.48. The molecule has 0 radical (unpaired) electrons. The third kappa shape index (κ3) is 5.55. The summed E-state index contributed by atoms with van der Waals surface area (Å²) in [5.74, 6) is -3.09. The molecule has 2 aromatic heterocycles. The third-order valence-corrected chi connectivity index (χ3v) is 8.32. The molecule has 1 aromatic carbocycles. The molecular formula is C31H31N7O7. The molecule has 2 saturated heterocycles. The number of carboxylic acid groups (broad SMARTS) is 1. The van der Waals surface area contributed by atoms with Gasteiger partial charge in [0, 0.05) is 55.6 Å². The van der Waals surface area contributed by atoms with Crippen LogP contribution in [-0.2, 0) is 19.1 Å². The molecule has 14 nitrogen and oxygen atoms in total. The number of aliphatic carboxylic acids is 1. The number of epoxide rings is 1. The van der Waals surface area contributed by atoms with E-state index in [0.29, 0.717) is 42.4 Å². The number of amides is 3. The highest BCUT2D eigenvalue weighted by Crippen LogP contribution is 2.45. The number of aromatic nitrogens is 2. The average Bonchev–Trinajstić information content (AvgIpc) is 3.98. The van der Waals surface area contributed by atoms with Crippen molar-refractivity contribution in [2.24, 2.45) is 10.7 Å². The van der Waals surface area contributed by atoms with E-state index in [9.17, 15) is 24.0 Å². The van der Waals surface area contributed by atoms with Crippen LogP contribution in [0.4, 0.5) is 0 Å². The number of nitrogens with one attached hydrogen (secondary N) is 2. The van der Waals surface area contributed by atoms with Gasteiger partial charge >= 0.3 is 5.97 Å². The molecule has 4 heterocycles. The zero-order valence-electron chi connectivity index (χ0n) is 24.4. The quantitative estimate of drug-likeness (QED) is 0.0949. The molecular weight excluding hydrogens is 582 g/mol. The van der Waals surface area contributed by atoms with Gasteiger partial charge in [0.25, 0.3) is 23.5 Å². The van der Waals surface area contributed by atoms with E-state index in [0.717, 1.165) is 0 Å². The molecule has 5 N–H and O–H groups in total. The van der Waals surface area contributed by atoms with Crippen LogP contribution >= 0.6 is 0 Å². The number of ketones is 1. The lowest BCUT2D eigenvalue weighted by atomic mass is 10.0. The molecule has 1 spiro atoms. The monoisotopic (exact) mass is 613 g/mol.